The van der Waals surface area contributed by atoms with Crippen LogP contribution >= 0.6 is 0 Å². The van der Waals surface area contributed by atoms with Crippen molar-refractivity contribution in [3.8, 4) is 0 Å². The second-order valence-corrected chi connectivity index (χ2v) is 6.49. The first-order chi connectivity index (χ1) is 13.3. The van der Waals surface area contributed by atoms with E-state index in [-0.39, 0.29) is 6.10 Å². The molecule has 0 aliphatic carbocycles. The van der Waals surface area contributed by atoms with Crippen molar-refractivity contribution < 1.29 is 4.74 Å². The van der Waals surface area contributed by atoms with Crippen molar-refractivity contribution in [1.29, 1.82) is 0 Å². The Hall–Kier alpha value is -2.90. The molecule has 1 atom stereocenters. The molecule has 0 amide bonds. The quantitative estimate of drug-likeness (QED) is 0.331. The fourth-order valence-electron chi connectivity index (χ4n) is 3.49. The summed E-state index contributed by atoms with van der Waals surface area (Å²) in [5.41, 5.74) is 2.64. The van der Waals surface area contributed by atoms with E-state index in [0.717, 1.165) is 23.1 Å². The molecule has 0 bridgehead atoms. The topological polar surface area (TPSA) is 9.23 Å². The van der Waals surface area contributed by atoms with Crippen molar-refractivity contribution in [3.05, 3.63) is 132 Å². The van der Waals surface area contributed by atoms with Crippen LogP contribution in [-0.2, 0) is 10.3 Å². The predicted molar refractivity (Wildman–Crippen MR) is 114 cm³/mol. The second kappa shape index (κ2) is 9.16. The van der Waals surface area contributed by atoms with Crippen LogP contribution in [-0.4, -0.2) is 6.10 Å². The van der Waals surface area contributed by atoms with Gasteiger partial charge in [-0.05, 0) is 30.0 Å². The minimum atomic E-state index is -0.697. The Morgan fingerprint density at radius 2 is 1.19 bits per heavy atom. The van der Waals surface area contributed by atoms with Crippen LogP contribution < -0.4 is 0 Å². The van der Waals surface area contributed by atoms with Crippen LogP contribution in [0.4, 0.5) is 0 Å². The summed E-state index contributed by atoms with van der Waals surface area (Å²) in [5, 5.41) is 0. The summed E-state index contributed by atoms with van der Waals surface area (Å²) < 4.78 is 6.92. The molecule has 3 aromatic rings. The van der Waals surface area contributed by atoms with Crippen LogP contribution in [0.1, 0.15) is 30.0 Å². The highest BCUT2D eigenvalue weighted by Crippen LogP contribution is 2.41. The standard InChI is InChI=1S/C26H26O/c1-3-14-25(15-4-2)27-26(22-16-8-5-9-17-22,23-18-10-6-11-19-23)24-20-12-7-13-21-24/h3-13,15-21,25H,1,14H2,2H3/b15-4+. The second-order valence-electron chi connectivity index (χ2n) is 6.49. The van der Waals surface area contributed by atoms with Crippen molar-refractivity contribution in [2.75, 3.05) is 0 Å². The Kier molecular flexibility index (Phi) is 6.40. The van der Waals surface area contributed by atoms with Crippen LogP contribution in [0.25, 0.3) is 0 Å². The molecular weight excluding hydrogens is 328 g/mol. The highest BCUT2D eigenvalue weighted by atomic mass is 16.5. The van der Waals surface area contributed by atoms with Gasteiger partial charge in [0.05, 0.1) is 6.10 Å². The number of benzene rings is 3. The van der Waals surface area contributed by atoms with Crippen molar-refractivity contribution in [2.24, 2.45) is 0 Å². The van der Waals surface area contributed by atoms with E-state index in [1.807, 2.05) is 37.3 Å². The fraction of sp³-hybridized carbons (Fsp3) is 0.154. The van der Waals surface area contributed by atoms with Gasteiger partial charge >= 0.3 is 0 Å². The number of hydrogen-bond acceptors (Lipinski definition) is 1. The van der Waals surface area contributed by atoms with Gasteiger partial charge in [-0.3, -0.25) is 0 Å². The largest absolute Gasteiger partial charge is 0.353 e. The molecule has 3 aromatic carbocycles. The average Bonchev–Trinajstić information content (AvgIpc) is 2.74. The summed E-state index contributed by atoms with van der Waals surface area (Å²) in [5.74, 6) is 0. The van der Waals surface area contributed by atoms with E-state index in [0.29, 0.717) is 0 Å². The van der Waals surface area contributed by atoms with Crippen LogP contribution in [0.3, 0.4) is 0 Å². The molecule has 0 aliphatic heterocycles. The van der Waals surface area contributed by atoms with Gasteiger partial charge in [-0.1, -0.05) is 109 Å². The fourth-order valence-corrected chi connectivity index (χ4v) is 3.49. The predicted octanol–water partition coefficient (Wildman–Crippen LogP) is 6.52. The molecule has 3 rings (SSSR count). The Bertz CT molecular complexity index is 754. The molecule has 0 spiro atoms. The van der Waals surface area contributed by atoms with Crippen LogP contribution in [0.15, 0.2) is 116 Å². The van der Waals surface area contributed by atoms with E-state index in [9.17, 15) is 0 Å². The van der Waals surface area contributed by atoms with Gasteiger partial charge in [-0.2, -0.15) is 0 Å². The third-order valence-electron chi connectivity index (χ3n) is 4.68. The first-order valence-electron chi connectivity index (χ1n) is 9.39. The summed E-state index contributed by atoms with van der Waals surface area (Å²) in [6.45, 7) is 5.94. The average molecular weight is 354 g/mol. The normalized spacial score (nSPS) is 12.8. The monoisotopic (exact) mass is 354 g/mol. The summed E-state index contributed by atoms with van der Waals surface area (Å²) in [6.07, 6.45) is 6.73. The lowest BCUT2D eigenvalue weighted by Crippen LogP contribution is -2.36. The summed E-state index contributed by atoms with van der Waals surface area (Å²) >= 11 is 0. The lowest BCUT2D eigenvalue weighted by molar-refractivity contribution is -0.0228. The van der Waals surface area contributed by atoms with Crippen molar-refractivity contribution in [3.63, 3.8) is 0 Å². The zero-order valence-corrected chi connectivity index (χ0v) is 15.8. The number of ether oxygens (including phenoxy) is 1. The maximum atomic E-state index is 6.92. The molecule has 0 fully saturated rings. The van der Waals surface area contributed by atoms with Gasteiger partial charge in [0.1, 0.15) is 5.60 Å². The molecule has 0 aliphatic rings. The van der Waals surface area contributed by atoms with Crippen LogP contribution in [0, 0.1) is 0 Å². The van der Waals surface area contributed by atoms with Gasteiger partial charge in [-0.15, -0.1) is 6.58 Å². The minimum absolute atomic E-state index is 0.0758. The SMILES string of the molecule is C=CCC(/C=C/C)OC(c1ccccc1)(c1ccccc1)c1ccccc1. The van der Waals surface area contributed by atoms with Gasteiger partial charge in [0, 0.05) is 0 Å². The molecule has 1 unspecified atom stereocenters. The molecule has 1 heteroatoms. The van der Waals surface area contributed by atoms with Gasteiger partial charge in [0.25, 0.3) is 0 Å². The molecule has 0 heterocycles. The minimum Gasteiger partial charge on any atom is -0.353 e. The Balaban J connectivity index is 2.27. The molecule has 27 heavy (non-hydrogen) atoms. The maximum Gasteiger partial charge on any atom is 0.144 e. The first kappa shape index (κ1) is 18.9. The highest BCUT2D eigenvalue weighted by Gasteiger charge is 2.39. The Morgan fingerprint density at radius 1 is 0.778 bits per heavy atom. The van der Waals surface area contributed by atoms with E-state index in [1.54, 1.807) is 0 Å². The van der Waals surface area contributed by atoms with Crippen LogP contribution in [0.5, 0.6) is 0 Å². The molecule has 0 aromatic heterocycles. The Labute approximate surface area is 162 Å². The van der Waals surface area contributed by atoms with Gasteiger partial charge in [0.2, 0.25) is 0 Å². The van der Waals surface area contributed by atoms with E-state index < -0.39 is 5.60 Å². The molecule has 136 valence electrons. The lowest BCUT2D eigenvalue weighted by atomic mass is 9.80. The van der Waals surface area contributed by atoms with Gasteiger partial charge in [0.15, 0.2) is 0 Å². The summed E-state index contributed by atoms with van der Waals surface area (Å²) in [7, 11) is 0. The molecule has 0 radical (unpaired) electrons. The third kappa shape index (κ3) is 4.10. The van der Waals surface area contributed by atoms with Crippen molar-refractivity contribution in [1.82, 2.24) is 0 Å². The zero-order chi connectivity index (χ0) is 19.0. The molecule has 0 N–H and O–H groups in total. The lowest BCUT2D eigenvalue weighted by Gasteiger charge is -2.38. The van der Waals surface area contributed by atoms with Crippen molar-refractivity contribution in [2.45, 2.75) is 25.0 Å². The number of allylic oxidation sites excluding steroid dienone is 1. The highest BCUT2D eigenvalue weighted by molar-refractivity contribution is 5.47. The smallest absolute Gasteiger partial charge is 0.144 e. The summed E-state index contributed by atoms with van der Waals surface area (Å²) in [6, 6.07) is 31.4. The molecule has 0 saturated heterocycles. The molecule has 1 nitrogen and oxygen atoms in total. The molecule has 0 saturated carbocycles. The van der Waals surface area contributed by atoms with Crippen molar-refractivity contribution >= 4 is 0 Å². The van der Waals surface area contributed by atoms with Gasteiger partial charge < -0.3 is 4.74 Å². The first-order valence-corrected chi connectivity index (χ1v) is 9.39. The van der Waals surface area contributed by atoms with E-state index >= 15 is 0 Å². The van der Waals surface area contributed by atoms with E-state index in [2.05, 4.69) is 85.5 Å². The maximum absolute atomic E-state index is 6.92. The Morgan fingerprint density at radius 3 is 1.52 bits per heavy atom. The summed E-state index contributed by atoms with van der Waals surface area (Å²) in [4.78, 5) is 0. The zero-order valence-electron chi connectivity index (χ0n) is 15.8. The van der Waals surface area contributed by atoms with E-state index in [1.165, 1.54) is 0 Å². The van der Waals surface area contributed by atoms with Crippen LogP contribution in [0.2, 0.25) is 0 Å². The van der Waals surface area contributed by atoms with Gasteiger partial charge in [-0.25, -0.2) is 0 Å². The van der Waals surface area contributed by atoms with E-state index in [4.69, 9.17) is 4.74 Å². The molecular formula is C26H26O. The third-order valence-corrected chi connectivity index (χ3v) is 4.68. The number of hydrogen-bond donors (Lipinski definition) is 0. The number of rotatable bonds is 8.